The van der Waals surface area contributed by atoms with Crippen molar-refractivity contribution in [3.63, 3.8) is 0 Å². The Bertz CT molecular complexity index is 1240. The van der Waals surface area contributed by atoms with Crippen LogP contribution in [0.3, 0.4) is 0 Å². The van der Waals surface area contributed by atoms with Crippen molar-refractivity contribution >= 4 is 18.1 Å². The molecular weight excluding hydrogens is 394 g/mol. The average molecular weight is 413 g/mol. The number of carbonyl (C=O) groups excluding carboxylic acids is 1. The summed E-state index contributed by atoms with van der Waals surface area (Å²) in [5, 5.41) is 0. The molecule has 0 fully saturated rings. The number of hydrogen-bond acceptors (Lipinski definition) is 7. The highest BCUT2D eigenvalue weighted by molar-refractivity contribution is 5.87. The van der Waals surface area contributed by atoms with Crippen LogP contribution in [0, 0.1) is 0 Å². The third kappa shape index (κ3) is 3.20. The summed E-state index contributed by atoms with van der Waals surface area (Å²) in [6.45, 7) is 0.253. The highest BCUT2D eigenvalue weighted by Gasteiger charge is 2.47. The van der Waals surface area contributed by atoms with E-state index in [0.717, 1.165) is 27.8 Å². The van der Waals surface area contributed by atoms with Crippen LogP contribution in [0.5, 0.6) is 11.5 Å². The van der Waals surface area contributed by atoms with Crippen molar-refractivity contribution < 1.29 is 19.0 Å². The summed E-state index contributed by atoms with van der Waals surface area (Å²) in [6, 6.07) is 15.6. The summed E-state index contributed by atoms with van der Waals surface area (Å²) in [7, 11) is 1.34. The van der Waals surface area contributed by atoms with Crippen LogP contribution in [-0.2, 0) is 19.8 Å². The lowest BCUT2D eigenvalue weighted by atomic mass is 9.80. The SMILES string of the molecule is COC(=O)/C=C/c1ccc2c(c1)[C@@]1(COC(N)=N1)c1cc(-c3cccnc3)ccc1O2. The Morgan fingerprint density at radius 2 is 1.94 bits per heavy atom. The maximum atomic E-state index is 11.5. The van der Waals surface area contributed by atoms with Crippen molar-refractivity contribution in [1.82, 2.24) is 4.98 Å². The fourth-order valence-electron chi connectivity index (χ4n) is 3.92. The summed E-state index contributed by atoms with van der Waals surface area (Å²) >= 11 is 0. The van der Waals surface area contributed by atoms with E-state index < -0.39 is 11.5 Å². The topological polar surface area (TPSA) is 96.0 Å². The summed E-state index contributed by atoms with van der Waals surface area (Å²) < 4.78 is 16.5. The Balaban J connectivity index is 1.66. The first-order valence-electron chi connectivity index (χ1n) is 9.70. The highest BCUT2D eigenvalue weighted by Crippen LogP contribution is 2.51. The lowest BCUT2D eigenvalue weighted by molar-refractivity contribution is -0.134. The molecule has 5 rings (SSSR count). The number of aromatic nitrogens is 1. The van der Waals surface area contributed by atoms with Crippen LogP contribution < -0.4 is 10.5 Å². The van der Waals surface area contributed by atoms with Crippen molar-refractivity contribution in [3.05, 3.63) is 83.7 Å². The molecule has 31 heavy (non-hydrogen) atoms. The van der Waals surface area contributed by atoms with Gasteiger partial charge in [0, 0.05) is 35.2 Å². The Labute approximate surface area is 178 Å². The Morgan fingerprint density at radius 3 is 2.65 bits per heavy atom. The first-order chi connectivity index (χ1) is 15.1. The number of nitrogens with two attached hydrogens (primary N) is 1. The van der Waals surface area contributed by atoms with Crippen LogP contribution in [0.2, 0.25) is 0 Å². The molecular formula is C24H19N3O4. The largest absolute Gasteiger partial charge is 0.466 e. The quantitative estimate of drug-likeness (QED) is 0.520. The minimum absolute atomic E-state index is 0.126. The van der Waals surface area contributed by atoms with Crippen LogP contribution in [0.15, 0.2) is 72.0 Å². The first kappa shape index (κ1) is 18.9. The number of fused-ring (bicyclic) bond motifs is 4. The number of amidine groups is 1. The molecule has 0 saturated carbocycles. The number of pyridine rings is 1. The van der Waals surface area contributed by atoms with E-state index in [1.165, 1.54) is 13.2 Å². The molecule has 2 aliphatic rings. The zero-order chi connectivity index (χ0) is 21.4. The van der Waals surface area contributed by atoms with Gasteiger partial charge in [-0.2, -0.15) is 0 Å². The molecule has 0 unspecified atom stereocenters. The molecule has 3 heterocycles. The molecule has 0 saturated heterocycles. The maximum absolute atomic E-state index is 11.5. The zero-order valence-corrected chi connectivity index (χ0v) is 16.7. The number of rotatable bonds is 3. The second-order valence-electron chi connectivity index (χ2n) is 7.27. The monoisotopic (exact) mass is 413 g/mol. The number of esters is 1. The van der Waals surface area contributed by atoms with Crippen LogP contribution in [0.4, 0.5) is 0 Å². The van der Waals surface area contributed by atoms with Crippen molar-refractivity contribution in [2.75, 3.05) is 13.7 Å². The molecule has 2 aliphatic heterocycles. The Kier molecular flexibility index (Phi) is 4.43. The number of aliphatic imine (C=N–C) groups is 1. The molecule has 1 spiro atoms. The van der Waals surface area contributed by atoms with Gasteiger partial charge in [0.05, 0.1) is 7.11 Å². The van der Waals surface area contributed by atoms with Gasteiger partial charge in [-0.25, -0.2) is 9.79 Å². The summed E-state index contributed by atoms with van der Waals surface area (Å²) in [5.74, 6) is 0.931. The lowest BCUT2D eigenvalue weighted by Crippen LogP contribution is -2.31. The van der Waals surface area contributed by atoms with Gasteiger partial charge >= 0.3 is 5.97 Å². The number of carbonyl (C=O) groups is 1. The molecule has 2 aromatic carbocycles. The number of ether oxygens (including phenoxy) is 3. The van der Waals surface area contributed by atoms with Gasteiger partial charge in [0.2, 0.25) is 0 Å². The van der Waals surface area contributed by atoms with Gasteiger partial charge in [-0.3, -0.25) is 4.98 Å². The van der Waals surface area contributed by atoms with E-state index in [-0.39, 0.29) is 12.6 Å². The number of nitrogens with zero attached hydrogens (tertiary/aromatic N) is 2. The van der Waals surface area contributed by atoms with Gasteiger partial charge in [0.25, 0.3) is 6.02 Å². The van der Waals surface area contributed by atoms with E-state index in [1.807, 2.05) is 54.7 Å². The minimum atomic E-state index is -0.847. The smallest absolute Gasteiger partial charge is 0.330 e. The van der Waals surface area contributed by atoms with Crippen molar-refractivity contribution in [2.24, 2.45) is 10.7 Å². The van der Waals surface area contributed by atoms with E-state index in [2.05, 4.69) is 9.72 Å². The molecule has 154 valence electrons. The van der Waals surface area contributed by atoms with Crippen molar-refractivity contribution in [2.45, 2.75) is 5.54 Å². The second-order valence-corrected chi connectivity index (χ2v) is 7.27. The third-order valence-electron chi connectivity index (χ3n) is 5.43. The predicted molar refractivity (Wildman–Crippen MR) is 116 cm³/mol. The third-order valence-corrected chi connectivity index (χ3v) is 5.43. The molecule has 1 aromatic heterocycles. The summed E-state index contributed by atoms with van der Waals surface area (Å²) in [5.41, 5.74) is 9.56. The number of hydrogen-bond donors (Lipinski definition) is 1. The van der Waals surface area contributed by atoms with E-state index in [0.29, 0.717) is 11.5 Å². The van der Waals surface area contributed by atoms with Crippen molar-refractivity contribution in [3.8, 4) is 22.6 Å². The summed E-state index contributed by atoms with van der Waals surface area (Å²) in [6.07, 6.45) is 6.60. The molecule has 1 atom stereocenters. The van der Waals surface area contributed by atoms with Gasteiger partial charge in [-0.15, -0.1) is 0 Å². The predicted octanol–water partition coefficient (Wildman–Crippen LogP) is 3.63. The molecule has 7 nitrogen and oxygen atoms in total. The van der Waals surface area contributed by atoms with Crippen LogP contribution >= 0.6 is 0 Å². The van der Waals surface area contributed by atoms with Crippen LogP contribution in [0.1, 0.15) is 16.7 Å². The maximum Gasteiger partial charge on any atom is 0.330 e. The van der Waals surface area contributed by atoms with Gasteiger partial charge in [-0.05, 0) is 47.5 Å². The minimum Gasteiger partial charge on any atom is -0.466 e. The van der Waals surface area contributed by atoms with E-state index in [9.17, 15) is 4.79 Å². The lowest BCUT2D eigenvalue weighted by Gasteiger charge is -2.34. The van der Waals surface area contributed by atoms with Gasteiger partial charge in [-0.1, -0.05) is 18.2 Å². The molecule has 0 bridgehead atoms. The Morgan fingerprint density at radius 1 is 1.13 bits per heavy atom. The van der Waals surface area contributed by atoms with E-state index in [4.69, 9.17) is 20.2 Å². The molecule has 0 aliphatic carbocycles. The van der Waals surface area contributed by atoms with Crippen LogP contribution in [-0.4, -0.2) is 30.7 Å². The standard InChI is InChI=1S/C24H19N3O4/c1-29-22(28)9-5-15-4-7-20-18(11-15)24(14-30-23(25)27-24)19-12-16(6-8-21(19)31-20)17-3-2-10-26-13-17/h2-13H,14H2,1H3,(H2,25,27)/b9-5+/t24-/m0/s1. The van der Waals surface area contributed by atoms with Gasteiger partial charge in [0.1, 0.15) is 18.1 Å². The van der Waals surface area contributed by atoms with E-state index in [1.54, 1.807) is 12.3 Å². The van der Waals surface area contributed by atoms with Crippen molar-refractivity contribution in [1.29, 1.82) is 0 Å². The normalized spacial score (nSPS) is 18.7. The van der Waals surface area contributed by atoms with Crippen LogP contribution in [0.25, 0.3) is 17.2 Å². The zero-order valence-electron chi connectivity index (χ0n) is 16.7. The molecule has 3 aromatic rings. The average Bonchev–Trinajstić information content (AvgIpc) is 3.20. The molecule has 0 amide bonds. The Hall–Kier alpha value is -4.13. The molecule has 0 radical (unpaired) electrons. The highest BCUT2D eigenvalue weighted by atomic mass is 16.5. The fraction of sp³-hybridized carbons (Fsp3) is 0.125. The molecule has 7 heteroatoms. The van der Waals surface area contributed by atoms with Gasteiger partial charge in [0.15, 0.2) is 5.54 Å². The van der Waals surface area contributed by atoms with E-state index >= 15 is 0 Å². The first-order valence-corrected chi connectivity index (χ1v) is 9.70. The number of methoxy groups -OCH3 is 1. The fourth-order valence-corrected chi connectivity index (χ4v) is 3.92. The molecule has 2 N–H and O–H groups in total. The number of benzene rings is 2. The second kappa shape index (κ2) is 7.28. The van der Waals surface area contributed by atoms with Gasteiger partial charge < -0.3 is 19.9 Å². The summed E-state index contributed by atoms with van der Waals surface area (Å²) in [4.78, 5) is 20.4.